The predicted molar refractivity (Wildman–Crippen MR) is 80.3 cm³/mol. The van der Waals surface area contributed by atoms with Gasteiger partial charge in [-0.2, -0.15) is 11.8 Å². The molecular formula is C15H17NO3S. The summed E-state index contributed by atoms with van der Waals surface area (Å²) in [5.41, 5.74) is 1.78. The summed E-state index contributed by atoms with van der Waals surface area (Å²) in [5.74, 6) is 2.30. The van der Waals surface area contributed by atoms with E-state index in [-0.39, 0.29) is 5.76 Å². The van der Waals surface area contributed by atoms with Crippen LogP contribution in [-0.4, -0.2) is 29.1 Å². The Hall–Kier alpha value is -1.46. The molecule has 20 heavy (non-hydrogen) atoms. The zero-order valence-corrected chi connectivity index (χ0v) is 11.9. The second kappa shape index (κ2) is 5.89. The van der Waals surface area contributed by atoms with Crippen molar-refractivity contribution >= 4 is 28.7 Å². The quantitative estimate of drug-likeness (QED) is 0.886. The Morgan fingerprint density at radius 1 is 1.45 bits per heavy atom. The minimum atomic E-state index is -1.03. The Kier molecular flexibility index (Phi) is 3.98. The van der Waals surface area contributed by atoms with E-state index < -0.39 is 5.97 Å². The van der Waals surface area contributed by atoms with Crippen LogP contribution < -0.4 is 5.32 Å². The third kappa shape index (κ3) is 2.99. The molecule has 1 aliphatic heterocycles. The van der Waals surface area contributed by atoms with E-state index in [0.29, 0.717) is 5.58 Å². The molecule has 1 unspecified atom stereocenters. The lowest BCUT2D eigenvalue weighted by atomic mass is 10.1. The topological polar surface area (TPSA) is 62.5 Å². The number of hydrogen-bond donors (Lipinski definition) is 2. The Morgan fingerprint density at radius 2 is 2.35 bits per heavy atom. The molecule has 1 aromatic heterocycles. The number of rotatable bonds is 5. The van der Waals surface area contributed by atoms with Crippen LogP contribution in [0.2, 0.25) is 0 Å². The lowest BCUT2D eigenvalue weighted by Gasteiger charge is -2.09. The Morgan fingerprint density at radius 3 is 3.10 bits per heavy atom. The molecule has 1 atom stereocenters. The molecule has 0 spiro atoms. The van der Waals surface area contributed by atoms with Crippen LogP contribution in [-0.2, 0) is 6.54 Å². The molecule has 0 amide bonds. The highest BCUT2D eigenvalue weighted by Crippen LogP contribution is 2.23. The molecule has 4 nitrogen and oxygen atoms in total. The first-order valence-corrected chi connectivity index (χ1v) is 7.92. The average Bonchev–Trinajstić information content (AvgIpc) is 3.06. The van der Waals surface area contributed by atoms with Crippen molar-refractivity contribution in [2.24, 2.45) is 5.92 Å². The number of carboxylic acids is 1. The molecule has 2 N–H and O–H groups in total. The van der Waals surface area contributed by atoms with Gasteiger partial charge in [-0.15, -0.1) is 0 Å². The van der Waals surface area contributed by atoms with Gasteiger partial charge in [0, 0.05) is 11.9 Å². The second-order valence-electron chi connectivity index (χ2n) is 5.15. The Balaban J connectivity index is 1.64. The predicted octanol–water partition coefficient (Wildman–Crippen LogP) is 2.97. The number of carboxylic acid groups (broad SMARTS) is 1. The summed E-state index contributed by atoms with van der Waals surface area (Å²) in [6, 6.07) is 7.38. The normalized spacial score (nSPS) is 18.7. The lowest BCUT2D eigenvalue weighted by molar-refractivity contribution is 0.0665. The fourth-order valence-corrected chi connectivity index (χ4v) is 3.76. The molecule has 0 radical (unpaired) electrons. The van der Waals surface area contributed by atoms with Crippen molar-refractivity contribution in [2.75, 3.05) is 18.1 Å². The van der Waals surface area contributed by atoms with Gasteiger partial charge in [0.05, 0.1) is 0 Å². The van der Waals surface area contributed by atoms with E-state index in [2.05, 4.69) is 5.32 Å². The van der Waals surface area contributed by atoms with Crippen LogP contribution in [0.4, 0.5) is 0 Å². The van der Waals surface area contributed by atoms with E-state index in [4.69, 9.17) is 9.52 Å². The van der Waals surface area contributed by atoms with Crippen molar-refractivity contribution in [3.8, 4) is 0 Å². The van der Waals surface area contributed by atoms with Gasteiger partial charge in [0.25, 0.3) is 0 Å². The molecule has 1 saturated heterocycles. The minimum Gasteiger partial charge on any atom is -0.475 e. The summed E-state index contributed by atoms with van der Waals surface area (Å²) < 4.78 is 5.25. The van der Waals surface area contributed by atoms with Gasteiger partial charge in [-0.05, 0) is 54.2 Å². The monoisotopic (exact) mass is 291 g/mol. The molecule has 2 aromatic rings. The summed E-state index contributed by atoms with van der Waals surface area (Å²) in [4.78, 5) is 10.9. The first-order chi connectivity index (χ1) is 9.72. The number of aromatic carboxylic acids is 1. The summed E-state index contributed by atoms with van der Waals surface area (Å²) in [7, 11) is 0. The standard InChI is InChI=1S/C15H17NO3S/c17-15(18)14-6-12-5-10(1-2-13(12)19-14)7-16-8-11-3-4-20-9-11/h1-2,5-6,11,16H,3-4,7-9H2,(H,17,18). The van der Waals surface area contributed by atoms with Crippen molar-refractivity contribution in [1.82, 2.24) is 5.32 Å². The highest BCUT2D eigenvalue weighted by molar-refractivity contribution is 7.99. The van der Waals surface area contributed by atoms with E-state index in [1.165, 1.54) is 17.9 Å². The van der Waals surface area contributed by atoms with Crippen LogP contribution >= 0.6 is 11.8 Å². The number of furan rings is 1. The van der Waals surface area contributed by atoms with E-state index >= 15 is 0 Å². The molecule has 1 aromatic carbocycles. The van der Waals surface area contributed by atoms with E-state index in [1.807, 2.05) is 30.0 Å². The third-order valence-corrected chi connectivity index (χ3v) is 4.81. The summed E-state index contributed by atoms with van der Waals surface area (Å²) in [6.45, 7) is 1.86. The van der Waals surface area contributed by atoms with Gasteiger partial charge in [0.1, 0.15) is 5.58 Å². The minimum absolute atomic E-state index is 0.00640. The summed E-state index contributed by atoms with van der Waals surface area (Å²) >= 11 is 2.03. The van der Waals surface area contributed by atoms with Gasteiger partial charge < -0.3 is 14.8 Å². The first-order valence-electron chi connectivity index (χ1n) is 6.76. The zero-order valence-electron chi connectivity index (χ0n) is 11.1. The van der Waals surface area contributed by atoms with Crippen LogP contribution in [0.5, 0.6) is 0 Å². The summed E-state index contributed by atoms with van der Waals surface area (Å²) in [6.07, 6.45) is 1.31. The van der Waals surface area contributed by atoms with Crippen molar-refractivity contribution in [2.45, 2.75) is 13.0 Å². The van der Waals surface area contributed by atoms with Gasteiger partial charge in [-0.3, -0.25) is 0 Å². The zero-order chi connectivity index (χ0) is 13.9. The van der Waals surface area contributed by atoms with Crippen LogP contribution in [0.3, 0.4) is 0 Å². The molecule has 2 heterocycles. The van der Waals surface area contributed by atoms with Gasteiger partial charge >= 0.3 is 5.97 Å². The van der Waals surface area contributed by atoms with Crippen molar-refractivity contribution in [3.05, 3.63) is 35.6 Å². The van der Waals surface area contributed by atoms with Gasteiger partial charge in [-0.1, -0.05) is 6.07 Å². The molecule has 5 heteroatoms. The second-order valence-corrected chi connectivity index (χ2v) is 6.30. The Labute approximate surface area is 121 Å². The maximum absolute atomic E-state index is 10.9. The number of carbonyl (C=O) groups is 1. The average molecular weight is 291 g/mol. The van der Waals surface area contributed by atoms with Crippen LogP contribution in [0.15, 0.2) is 28.7 Å². The van der Waals surface area contributed by atoms with Crippen LogP contribution in [0.1, 0.15) is 22.5 Å². The number of nitrogens with one attached hydrogen (secondary N) is 1. The molecule has 0 aliphatic carbocycles. The van der Waals surface area contributed by atoms with E-state index in [0.717, 1.165) is 30.0 Å². The van der Waals surface area contributed by atoms with Gasteiger partial charge in [0.15, 0.2) is 0 Å². The molecule has 3 rings (SSSR count). The molecule has 0 bridgehead atoms. The van der Waals surface area contributed by atoms with Crippen molar-refractivity contribution in [3.63, 3.8) is 0 Å². The number of benzene rings is 1. The number of hydrogen-bond acceptors (Lipinski definition) is 4. The summed E-state index contributed by atoms with van der Waals surface area (Å²) in [5, 5.41) is 13.2. The molecule has 1 fully saturated rings. The molecular weight excluding hydrogens is 274 g/mol. The smallest absolute Gasteiger partial charge is 0.371 e. The number of thioether (sulfide) groups is 1. The van der Waals surface area contributed by atoms with E-state index in [1.54, 1.807) is 6.07 Å². The van der Waals surface area contributed by atoms with Gasteiger partial charge in [0.2, 0.25) is 5.76 Å². The van der Waals surface area contributed by atoms with Gasteiger partial charge in [-0.25, -0.2) is 4.79 Å². The third-order valence-electron chi connectivity index (χ3n) is 3.58. The number of fused-ring (bicyclic) bond motifs is 1. The molecule has 106 valence electrons. The van der Waals surface area contributed by atoms with Crippen molar-refractivity contribution in [1.29, 1.82) is 0 Å². The van der Waals surface area contributed by atoms with Crippen LogP contribution in [0.25, 0.3) is 11.0 Å². The van der Waals surface area contributed by atoms with Crippen LogP contribution in [0, 0.1) is 5.92 Å². The lowest BCUT2D eigenvalue weighted by Crippen LogP contribution is -2.22. The molecule has 0 saturated carbocycles. The fraction of sp³-hybridized carbons (Fsp3) is 0.400. The fourth-order valence-electron chi connectivity index (χ4n) is 2.47. The maximum atomic E-state index is 10.9. The first kappa shape index (κ1) is 13.5. The van der Waals surface area contributed by atoms with Crippen molar-refractivity contribution < 1.29 is 14.3 Å². The highest BCUT2D eigenvalue weighted by atomic mass is 32.2. The highest BCUT2D eigenvalue weighted by Gasteiger charge is 2.15. The van der Waals surface area contributed by atoms with E-state index in [9.17, 15) is 4.79 Å². The SMILES string of the molecule is O=C(O)c1cc2cc(CNCC3CCSC3)ccc2o1. The molecule has 1 aliphatic rings. The maximum Gasteiger partial charge on any atom is 0.371 e. The largest absolute Gasteiger partial charge is 0.475 e. The Bertz CT molecular complexity index is 617.